The zero-order valence-electron chi connectivity index (χ0n) is 16.2. The fourth-order valence-corrected chi connectivity index (χ4v) is 2.32. The van der Waals surface area contributed by atoms with Gasteiger partial charge in [0.05, 0.1) is 33.6 Å². The molecule has 28 heavy (non-hydrogen) atoms. The van der Waals surface area contributed by atoms with Crippen molar-refractivity contribution < 1.29 is 23.8 Å². The summed E-state index contributed by atoms with van der Waals surface area (Å²) in [5.41, 5.74) is 4.24. The lowest BCUT2D eigenvalue weighted by molar-refractivity contribution is -0.120. The number of rotatable bonds is 8. The van der Waals surface area contributed by atoms with E-state index in [1.54, 1.807) is 38.3 Å². The number of nitrogens with one attached hydrogen (secondary N) is 2. The third-order valence-corrected chi connectivity index (χ3v) is 3.91. The van der Waals surface area contributed by atoms with Gasteiger partial charge in [-0.2, -0.15) is 5.10 Å². The minimum absolute atomic E-state index is 0.216. The van der Waals surface area contributed by atoms with E-state index >= 15 is 0 Å². The molecular formula is C20H23N3O5. The monoisotopic (exact) mass is 385 g/mol. The van der Waals surface area contributed by atoms with Gasteiger partial charge in [0.15, 0.2) is 11.5 Å². The first-order valence-electron chi connectivity index (χ1n) is 8.46. The second-order valence-corrected chi connectivity index (χ2v) is 5.71. The van der Waals surface area contributed by atoms with E-state index in [-0.39, 0.29) is 6.54 Å². The Morgan fingerprint density at radius 3 is 2.14 bits per heavy atom. The molecule has 0 fully saturated rings. The first kappa shape index (κ1) is 20.8. The number of benzene rings is 2. The largest absolute Gasteiger partial charge is 0.497 e. The standard InChI is InChI=1S/C20H23N3O5/c1-13(14-5-8-16(26-2)9-6-14)22-23-19(24)12-21-20(25)15-7-10-17(27-3)18(11-15)28-4/h5-11H,12H2,1-4H3,(H,21,25)(H,23,24)/b22-13+. The average Bonchev–Trinajstić information content (AvgIpc) is 2.75. The highest BCUT2D eigenvalue weighted by molar-refractivity contribution is 6.00. The molecule has 0 saturated heterocycles. The van der Waals surface area contributed by atoms with Crippen molar-refractivity contribution in [1.82, 2.24) is 10.7 Å². The normalized spacial score (nSPS) is 10.8. The minimum atomic E-state index is -0.443. The van der Waals surface area contributed by atoms with Gasteiger partial charge in [-0.05, 0) is 55.0 Å². The molecule has 8 nitrogen and oxygen atoms in total. The number of ether oxygens (including phenoxy) is 3. The third-order valence-electron chi connectivity index (χ3n) is 3.91. The van der Waals surface area contributed by atoms with Crippen LogP contribution in [0.2, 0.25) is 0 Å². The van der Waals surface area contributed by atoms with Gasteiger partial charge in [0.25, 0.3) is 11.8 Å². The Bertz CT molecular complexity index is 863. The second kappa shape index (κ2) is 9.96. The number of carbonyl (C=O) groups excluding carboxylic acids is 2. The lowest BCUT2D eigenvalue weighted by atomic mass is 10.1. The van der Waals surface area contributed by atoms with Crippen LogP contribution >= 0.6 is 0 Å². The van der Waals surface area contributed by atoms with Crippen LogP contribution in [0.1, 0.15) is 22.8 Å². The number of hydrazone groups is 1. The van der Waals surface area contributed by atoms with E-state index in [2.05, 4.69) is 15.8 Å². The van der Waals surface area contributed by atoms with Gasteiger partial charge >= 0.3 is 0 Å². The van der Waals surface area contributed by atoms with E-state index in [0.29, 0.717) is 22.8 Å². The molecule has 0 aliphatic rings. The summed E-state index contributed by atoms with van der Waals surface area (Å²) in [6, 6.07) is 12.0. The number of hydrogen-bond acceptors (Lipinski definition) is 6. The van der Waals surface area contributed by atoms with Crippen molar-refractivity contribution in [3.63, 3.8) is 0 Å². The summed E-state index contributed by atoms with van der Waals surface area (Å²) in [6.07, 6.45) is 0. The topological polar surface area (TPSA) is 98.2 Å². The van der Waals surface area contributed by atoms with Crippen molar-refractivity contribution in [2.75, 3.05) is 27.9 Å². The Balaban J connectivity index is 1.90. The van der Waals surface area contributed by atoms with Gasteiger partial charge in [-0.15, -0.1) is 0 Å². The summed E-state index contributed by atoms with van der Waals surface area (Å²) in [4.78, 5) is 24.1. The number of hydrogen-bond donors (Lipinski definition) is 2. The summed E-state index contributed by atoms with van der Waals surface area (Å²) in [7, 11) is 4.58. The first-order chi connectivity index (χ1) is 13.5. The lowest BCUT2D eigenvalue weighted by Gasteiger charge is -2.10. The van der Waals surface area contributed by atoms with Gasteiger partial charge in [-0.25, -0.2) is 5.43 Å². The van der Waals surface area contributed by atoms with E-state index < -0.39 is 11.8 Å². The van der Waals surface area contributed by atoms with Crippen molar-refractivity contribution in [3.8, 4) is 17.2 Å². The molecule has 0 aromatic heterocycles. The maximum atomic E-state index is 12.2. The van der Waals surface area contributed by atoms with Crippen molar-refractivity contribution in [3.05, 3.63) is 53.6 Å². The van der Waals surface area contributed by atoms with Crippen molar-refractivity contribution in [2.24, 2.45) is 5.10 Å². The first-order valence-corrected chi connectivity index (χ1v) is 8.46. The summed E-state index contributed by atoms with van der Waals surface area (Å²) >= 11 is 0. The highest BCUT2D eigenvalue weighted by Crippen LogP contribution is 2.27. The zero-order valence-corrected chi connectivity index (χ0v) is 16.2. The Hall–Kier alpha value is -3.55. The molecule has 0 radical (unpaired) electrons. The van der Waals surface area contributed by atoms with Gasteiger partial charge < -0.3 is 19.5 Å². The quantitative estimate of drug-likeness (QED) is 0.535. The van der Waals surface area contributed by atoms with Crippen LogP contribution in [-0.4, -0.2) is 45.4 Å². The summed E-state index contributed by atoms with van der Waals surface area (Å²) in [5, 5.41) is 6.57. The Kier molecular flexibility index (Phi) is 7.38. The van der Waals surface area contributed by atoms with Gasteiger partial charge in [0.1, 0.15) is 5.75 Å². The molecule has 0 saturated carbocycles. The molecule has 0 aliphatic heterocycles. The van der Waals surface area contributed by atoms with E-state index in [1.165, 1.54) is 20.3 Å². The van der Waals surface area contributed by atoms with E-state index in [9.17, 15) is 9.59 Å². The SMILES string of the molecule is COc1ccc(/C(C)=N/NC(=O)CNC(=O)c2ccc(OC)c(OC)c2)cc1. The van der Waals surface area contributed by atoms with Crippen LogP contribution in [0.3, 0.4) is 0 Å². The van der Waals surface area contributed by atoms with E-state index in [0.717, 1.165) is 11.3 Å². The van der Waals surface area contributed by atoms with Gasteiger partial charge in [0, 0.05) is 5.56 Å². The van der Waals surface area contributed by atoms with Gasteiger partial charge in [-0.1, -0.05) is 0 Å². The molecule has 2 aromatic rings. The minimum Gasteiger partial charge on any atom is -0.497 e. The number of nitrogens with zero attached hydrogens (tertiary/aromatic N) is 1. The van der Waals surface area contributed by atoms with Gasteiger partial charge in [-0.3, -0.25) is 9.59 Å². The maximum absolute atomic E-state index is 12.2. The van der Waals surface area contributed by atoms with Crippen LogP contribution in [0, 0.1) is 0 Å². The Labute approximate surface area is 163 Å². The molecule has 0 heterocycles. The molecule has 0 spiro atoms. The fraction of sp³-hybridized carbons (Fsp3) is 0.250. The summed E-state index contributed by atoms with van der Waals surface area (Å²) in [5.74, 6) is 0.826. The number of amides is 2. The molecule has 2 amide bonds. The van der Waals surface area contributed by atoms with Crippen LogP contribution in [0.15, 0.2) is 47.6 Å². The van der Waals surface area contributed by atoms with E-state index in [4.69, 9.17) is 14.2 Å². The molecular weight excluding hydrogens is 362 g/mol. The molecule has 148 valence electrons. The van der Waals surface area contributed by atoms with Crippen LogP contribution in [0.5, 0.6) is 17.2 Å². The van der Waals surface area contributed by atoms with Crippen molar-refractivity contribution in [1.29, 1.82) is 0 Å². The van der Waals surface area contributed by atoms with Crippen LogP contribution in [-0.2, 0) is 4.79 Å². The Morgan fingerprint density at radius 2 is 1.54 bits per heavy atom. The van der Waals surface area contributed by atoms with E-state index in [1.807, 2.05) is 12.1 Å². The molecule has 0 aliphatic carbocycles. The van der Waals surface area contributed by atoms with Gasteiger partial charge in [0.2, 0.25) is 0 Å². The third kappa shape index (κ3) is 5.47. The number of carbonyl (C=O) groups is 2. The highest BCUT2D eigenvalue weighted by Gasteiger charge is 2.12. The highest BCUT2D eigenvalue weighted by atomic mass is 16.5. The molecule has 0 atom stereocenters. The maximum Gasteiger partial charge on any atom is 0.259 e. The predicted molar refractivity (Wildman–Crippen MR) is 105 cm³/mol. The number of methoxy groups -OCH3 is 3. The van der Waals surface area contributed by atoms with Crippen LogP contribution < -0.4 is 25.0 Å². The average molecular weight is 385 g/mol. The Morgan fingerprint density at radius 1 is 0.893 bits per heavy atom. The molecule has 2 N–H and O–H groups in total. The smallest absolute Gasteiger partial charge is 0.259 e. The summed E-state index contributed by atoms with van der Waals surface area (Å²) in [6.45, 7) is 1.55. The van der Waals surface area contributed by atoms with Crippen LogP contribution in [0.25, 0.3) is 0 Å². The van der Waals surface area contributed by atoms with Crippen molar-refractivity contribution in [2.45, 2.75) is 6.92 Å². The van der Waals surface area contributed by atoms with Crippen LogP contribution in [0.4, 0.5) is 0 Å². The van der Waals surface area contributed by atoms with Crippen molar-refractivity contribution >= 4 is 17.5 Å². The summed E-state index contributed by atoms with van der Waals surface area (Å²) < 4.78 is 15.4. The molecule has 8 heteroatoms. The fourth-order valence-electron chi connectivity index (χ4n) is 2.32. The zero-order chi connectivity index (χ0) is 20.5. The molecule has 0 unspecified atom stereocenters. The molecule has 2 aromatic carbocycles. The predicted octanol–water partition coefficient (Wildman–Crippen LogP) is 1.98. The molecule has 0 bridgehead atoms. The molecule has 2 rings (SSSR count). The lowest BCUT2D eigenvalue weighted by Crippen LogP contribution is -2.35. The second-order valence-electron chi connectivity index (χ2n) is 5.71.